The lowest BCUT2D eigenvalue weighted by atomic mass is 10.1. The van der Waals surface area contributed by atoms with Gasteiger partial charge >= 0.3 is 5.97 Å². The molecule has 0 spiro atoms. The molecule has 3 rings (SSSR count). The normalized spacial score (nSPS) is 16.8. The first-order chi connectivity index (χ1) is 12.3. The highest BCUT2D eigenvalue weighted by molar-refractivity contribution is 6.42. The van der Waals surface area contributed by atoms with Crippen molar-refractivity contribution in [2.75, 3.05) is 10.2 Å². The van der Waals surface area contributed by atoms with Crippen LogP contribution in [0.2, 0.25) is 10.0 Å². The van der Waals surface area contributed by atoms with Crippen LogP contribution < -0.4 is 10.2 Å². The van der Waals surface area contributed by atoms with Crippen LogP contribution in [0.3, 0.4) is 0 Å². The third-order valence-corrected chi connectivity index (χ3v) is 4.70. The number of carboxylic acids is 1. The second-order valence-corrected chi connectivity index (χ2v) is 6.65. The van der Waals surface area contributed by atoms with Crippen LogP contribution in [0, 0.1) is 0 Å². The third kappa shape index (κ3) is 3.81. The zero-order valence-electron chi connectivity index (χ0n) is 13.4. The minimum Gasteiger partial charge on any atom is -0.481 e. The summed E-state index contributed by atoms with van der Waals surface area (Å²) < 4.78 is 0. The van der Waals surface area contributed by atoms with E-state index in [9.17, 15) is 14.4 Å². The van der Waals surface area contributed by atoms with Crippen molar-refractivity contribution in [2.24, 2.45) is 0 Å². The van der Waals surface area contributed by atoms with Gasteiger partial charge in [-0.2, -0.15) is 0 Å². The van der Waals surface area contributed by atoms with E-state index in [0.29, 0.717) is 22.0 Å². The van der Waals surface area contributed by atoms with Crippen LogP contribution in [0.1, 0.15) is 12.0 Å². The summed E-state index contributed by atoms with van der Waals surface area (Å²) in [5.41, 5.74) is 1.64. The van der Waals surface area contributed by atoms with Gasteiger partial charge in [-0.05, 0) is 35.9 Å². The number of nitrogens with one attached hydrogen (secondary N) is 1. The number of hydrogen-bond acceptors (Lipinski definition) is 4. The van der Waals surface area contributed by atoms with E-state index in [1.165, 1.54) is 12.1 Å². The first-order valence-electron chi connectivity index (χ1n) is 7.74. The molecule has 2 aromatic carbocycles. The SMILES string of the molecule is O=C(O)Cc1ccc(NC2CC(=O)N(c3ccc(Cl)c(Cl)c3)C2=O)cc1. The monoisotopic (exact) mass is 392 g/mol. The molecule has 1 fully saturated rings. The topological polar surface area (TPSA) is 86.7 Å². The van der Waals surface area contributed by atoms with Crippen LogP contribution in [0.4, 0.5) is 11.4 Å². The van der Waals surface area contributed by atoms with E-state index in [0.717, 1.165) is 4.90 Å². The van der Waals surface area contributed by atoms with E-state index in [1.807, 2.05) is 0 Å². The summed E-state index contributed by atoms with van der Waals surface area (Å²) in [7, 11) is 0. The molecule has 2 aromatic rings. The predicted octanol–water partition coefficient (Wildman–Crippen LogP) is 3.36. The fraction of sp³-hybridized carbons (Fsp3) is 0.167. The molecule has 0 bridgehead atoms. The standard InChI is InChI=1S/C18H14Cl2N2O4/c19-13-6-5-12(8-14(13)20)22-16(23)9-15(18(22)26)21-11-3-1-10(2-4-11)7-17(24)25/h1-6,8,15,21H,7,9H2,(H,24,25). The molecule has 0 saturated carbocycles. The number of halogens is 2. The van der Waals surface area contributed by atoms with Crippen molar-refractivity contribution in [3.63, 3.8) is 0 Å². The molecule has 1 unspecified atom stereocenters. The van der Waals surface area contributed by atoms with Crippen molar-refractivity contribution < 1.29 is 19.5 Å². The molecule has 1 atom stereocenters. The Labute approximate surface area is 159 Å². The summed E-state index contributed by atoms with van der Waals surface area (Å²) in [5.74, 6) is -1.64. The lowest BCUT2D eigenvalue weighted by molar-refractivity contribution is -0.136. The summed E-state index contributed by atoms with van der Waals surface area (Å²) in [6.45, 7) is 0. The quantitative estimate of drug-likeness (QED) is 0.761. The number of anilines is 2. The van der Waals surface area contributed by atoms with E-state index in [2.05, 4.69) is 5.32 Å². The molecule has 1 saturated heterocycles. The molecule has 2 amide bonds. The number of benzene rings is 2. The summed E-state index contributed by atoms with van der Waals surface area (Å²) in [6, 6.07) is 10.5. The van der Waals surface area contributed by atoms with Gasteiger partial charge in [0.25, 0.3) is 5.91 Å². The van der Waals surface area contributed by atoms with Gasteiger partial charge in [0, 0.05) is 5.69 Å². The van der Waals surface area contributed by atoms with Crippen molar-refractivity contribution in [1.82, 2.24) is 0 Å². The van der Waals surface area contributed by atoms with Crippen molar-refractivity contribution in [2.45, 2.75) is 18.9 Å². The van der Waals surface area contributed by atoms with Gasteiger partial charge in [0.15, 0.2) is 0 Å². The molecule has 6 nitrogen and oxygen atoms in total. The molecule has 0 aromatic heterocycles. The van der Waals surface area contributed by atoms with E-state index in [1.54, 1.807) is 30.3 Å². The molecule has 1 aliphatic rings. The highest BCUT2D eigenvalue weighted by Gasteiger charge is 2.39. The van der Waals surface area contributed by atoms with Crippen LogP contribution in [-0.4, -0.2) is 28.9 Å². The molecular formula is C18H14Cl2N2O4. The summed E-state index contributed by atoms with van der Waals surface area (Å²) in [5, 5.41) is 12.4. The van der Waals surface area contributed by atoms with Gasteiger partial charge < -0.3 is 10.4 Å². The Kier molecular flexibility index (Phi) is 5.15. The Morgan fingerprint density at radius 2 is 1.81 bits per heavy atom. The highest BCUT2D eigenvalue weighted by atomic mass is 35.5. The number of carbonyl (C=O) groups excluding carboxylic acids is 2. The number of aliphatic carboxylic acids is 1. The van der Waals surface area contributed by atoms with Gasteiger partial charge in [0.1, 0.15) is 6.04 Å². The minimum absolute atomic E-state index is 0.00988. The minimum atomic E-state index is -0.917. The van der Waals surface area contributed by atoms with Gasteiger partial charge in [-0.1, -0.05) is 35.3 Å². The molecule has 2 N–H and O–H groups in total. The third-order valence-electron chi connectivity index (χ3n) is 3.96. The van der Waals surface area contributed by atoms with Crippen LogP contribution >= 0.6 is 23.2 Å². The van der Waals surface area contributed by atoms with E-state index in [-0.39, 0.29) is 29.7 Å². The molecule has 134 valence electrons. The molecule has 0 aliphatic carbocycles. The summed E-state index contributed by atoms with van der Waals surface area (Å²) >= 11 is 11.8. The Bertz CT molecular complexity index is 883. The van der Waals surface area contributed by atoms with Gasteiger partial charge in [-0.25, -0.2) is 4.90 Å². The number of nitrogens with zero attached hydrogens (tertiary/aromatic N) is 1. The van der Waals surface area contributed by atoms with E-state index < -0.39 is 12.0 Å². The number of amides is 2. The molecular weight excluding hydrogens is 379 g/mol. The first-order valence-corrected chi connectivity index (χ1v) is 8.50. The number of carboxylic acid groups (broad SMARTS) is 1. The van der Waals surface area contributed by atoms with Gasteiger partial charge in [0.2, 0.25) is 5.91 Å². The number of carbonyl (C=O) groups is 3. The Hall–Kier alpha value is -2.57. The zero-order valence-corrected chi connectivity index (χ0v) is 14.9. The van der Waals surface area contributed by atoms with Crippen molar-refractivity contribution in [3.8, 4) is 0 Å². The number of imide groups is 1. The number of hydrogen-bond donors (Lipinski definition) is 2. The number of rotatable bonds is 5. The molecule has 0 radical (unpaired) electrons. The fourth-order valence-corrected chi connectivity index (χ4v) is 3.03. The molecule has 8 heteroatoms. The first kappa shape index (κ1) is 18.2. The van der Waals surface area contributed by atoms with Crippen molar-refractivity contribution >= 4 is 52.4 Å². The predicted molar refractivity (Wildman–Crippen MR) is 98.8 cm³/mol. The zero-order chi connectivity index (χ0) is 18.8. The average Bonchev–Trinajstić information content (AvgIpc) is 2.85. The second kappa shape index (κ2) is 7.35. The Balaban J connectivity index is 1.74. The Morgan fingerprint density at radius 3 is 2.42 bits per heavy atom. The smallest absolute Gasteiger partial charge is 0.307 e. The maximum atomic E-state index is 12.6. The van der Waals surface area contributed by atoms with E-state index in [4.69, 9.17) is 28.3 Å². The molecule has 1 aliphatic heterocycles. The van der Waals surface area contributed by atoms with Crippen LogP contribution in [0.15, 0.2) is 42.5 Å². The average molecular weight is 393 g/mol. The second-order valence-electron chi connectivity index (χ2n) is 5.83. The van der Waals surface area contributed by atoms with Crippen molar-refractivity contribution in [3.05, 3.63) is 58.1 Å². The molecule has 26 heavy (non-hydrogen) atoms. The summed E-state index contributed by atoms with van der Waals surface area (Å²) in [4.78, 5) is 36.7. The Morgan fingerprint density at radius 1 is 1.12 bits per heavy atom. The largest absolute Gasteiger partial charge is 0.481 e. The maximum Gasteiger partial charge on any atom is 0.307 e. The van der Waals surface area contributed by atoms with Gasteiger partial charge in [0.05, 0.1) is 28.6 Å². The fourth-order valence-electron chi connectivity index (χ4n) is 2.73. The van der Waals surface area contributed by atoms with E-state index >= 15 is 0 Å². The highest BCUT2D eigenvalue weighted by Crippen LogP contribution is 2.30. The van der Waals surface area contributed by atoms with Crippen LogP contribution in [0.5, 0.6) is 0 Å². The summed E-state index contributed by atoms with van der Waals surface area (Å²) in [6.07, 6.45) is -0.0673. The maximum absolute atomic E-state index is 12.6. The van der Waals surface area contributed by atoms with Gasteiger partial charge in [-0.3, -0.25) is 14.4 Å². The van der Waals surface area contributed by atoms with Crippen LogP contribution in [0.25, 0.3) is 0 Å². The molecule has 1 heterocycles. The van der Waals surface area contributed by atoms with Gasteiger partial charge in [-0.15, -0.1) is 0 Å². The van der Waals surface area contributed by atoms with Crippen LogP contribution in [-0.2, 0) is 20.8 Å². The lowest BCUT2D eigenvalue weighted by Gasteiger charge is -2.16. The van der Waals surface area contributed by atoms with Crippen molar-refractivity contribution in [1.29, 1.82) is 0 Å². The lowest BCUT2D eigenvalue weighted by Crippen LogP contribution is -2.34.